The van der Waals surface area contributed by atoms with E-state index in [-0.39, 0.29) is 22.9 Å². The van der Waals surface area contributed by atoms with E-state index in [0.29, 0.717) is 33.3 Å². The highest BCUT2D eigenvalue weighted by molar-refractivity contribution is 7.89. The molecule has 3 rings (SSSR count). The molecule has 1 aromatic heterocycles. The second-order valence-corrected chi connectivity index (χ2v) is 10.4. The van der Waals surface area contributed by atoms with Crippen molar-refractivity contribution in [3.05, 3.63) is 48.0 Å². The van der Waals surface area contributed by atoms with E-state index in [1.165, 1.54) is 15.6 Å². The number of para-hydroxylation sites is 1. The summed E-state index contributed by atoms with van der Waals surface area (Å²) < 4.78 is 34.0. The number of benzene rings is 2. The molecule has 166 valence electrons. The van der Waals surface area contributed by atoms with Crippen LogP contribution < -0.4 is 10.1 Å². The minimum absolute atomic E-state index is 0.164. The number of aromatic nitrogens is 1. The average Bonchev–Trinajstić information content (AvgIpc) is 3.09. The number of ether oxygens (including phenoxy) is 1. The van der Waals surface area contributed by atoms with E-state index in [1.807, 2.05) is 34.6 Å². The predicted molar refractivity (Wildman–Crippen MR) is 124 cm³/mol. The van der Waals surface area contributed by atoms with Crippen LogP contribution in [0.3, 0.4) is 0 Å². The SMILES string of the molecule is CCOc1ccccc1C(=O)Nc1nc2ccc(S(=O)(=O)N(C(C)C)C(C)C)cc2s1. The number of hydrogen-bond donors (Lipinski definition) is 1. The Balaban J connectivity index is 1.91. The fourth-order valence-corrected chi connectivity index (χ4v) is 6.33. The molecule has 0 aliphatic rings. The van der Waals surface area contributed by atoms with E-state index in [2.05, 4.69) is 10.3 Å². The molecular weight excluding hydrogens is 434 g/mol. The fourth-order valence-electron chi connectivity index (χ4n) is 3.49. The molecule has 9 heteroatoms. The van der Waals surface area contributed by atoms with Gasteiger partial charge in [0.25, 0.3) is 5.91 Å². The van der Waals surface area contributed by atoms with Crippen molar-refractivity contribution in [1.82, 2.24) is 9.29 Å². The lowest BCUT2D eigenvalue weighted by molar-refractivity contribution is 0.102. The molecule has 0 radical (unpaired) electrons. The topological polar surface area (TPSA) is 88.6 Å². The van der Waals surface area contributed by atoms with Crippen LogP contribution in [0.25, 0.3) is 10.2 Å². The summed E-state index contributed by atoms with van der Waals surface area (Å²) in [6.45, 7) is 9.74. The van der Waals surface area contributed by atoms with Crippen LogP contribution in [0.1, 0.15) is 45.0 Å². The third kappa shape index (κ3) is 4.89. The standard InChI is InChI=1S/C22H27N3O4S2/c1-6-29-19-10-8-7-9-17(19)21(26)24-22-23-18-12-11-16(13-20(18)30-22)31(27,28)25(14(2)3)15(4)5/h7-15H,6H2,1-5H3,(H,23,24,26). The molecule has 0 unspecified atom stereocenters. The predicted octanol–water partition coefficient (Wildman–Crippen LogP) is 4.75. The number of fused-ring (bicyclic) bond motifs is 1. The Bertz CT molecular complexity index is 1180. The summed E-state index contributed by atoms with van der Waals surface area (Å²) in [5, 5.41) is 3.19. The number of thiazole rings is 1. The van der Waals surface area contributed by atoms with Gasteiger partial charge in [-0.3, -0.25) is 10.1 Å². The first-order chi connectivity index (χ1) is 14.6. The van der Waals surface area contributed by atoms with Gasteiger partial charge in [-0.1, -0.05) is 23.5 Å². The van der Waals surface area contributed by atoms with Gasteiger partial charge in [-0.15, -0.1) is 0 Å². The van der Waals surface area contributed by atoms with Gasteiger partial charge in [0.2, 0.25) is 10.0 Å². The number of hydrogen-bond acceptors (Lipinski definition) is 6. The van der Waals surface area contributed by atoms with Crippen molar-refractivity contribution in [2.24, 2.45) is 0 Å². The molecule has 0 saturated heterocycles. The Hall–Kier alpha value is -2.49. The summed E-state index contributed by atoms with van der Waals surface area (Å²) in [4.78, 5) is 17.4. The van der Waals surface area contributed by atoms with Crippen LogP contribution >= 0.6 is 11.3 Å². The van der Waals surface area contributed by atoms with Gasteiger partial charge in [0.15, 0.2) is 5.13 Å². The maximum atomic E-state index is 13.2. The first-order valence-electron chi connectivity index (χ1n) is 10.1. The van der Waals surface area contributed by atoms with Crippen LogP contribution in [-0.4, -0.2) is 42.3 Å². The molecule has 2 aromatic carbocycles. The minimum atomic E-state index is -3.65. The van der Waals surface area contributed by atoms with E-state index < -0.39 is 10.0 Å². The van der Waals surface area contributed by atoms with Crippen LogP contribution in [0, 0.1) is 0 Å². The van der Waals surface area contributed by atoms with Gasteiger partial charge >= 0.3 is 0 Å². The molecular formula is C22H27N3O4S2. The molecule has 0 aliphatic heterocycles. The fraction of sp³-hybridized carbons (Fsp3) is 0.364. The zero-order valence-corrected chi connectivity index (χ0v) is 19.9. The van der Waals surface area contributed by atoms with Gasteiger partial charge in [-0.25, -0.2) is 13.4 Å². The van der Waals surface area contributed by atoms with Crippen molar-refractivity contribution in [3.63, 3.8) is 0 Å². The number of nitrogens with one attached hydrogen (secondary N) is 1. The zero-order chi connectivity index (χ0) is 22.8. The molecule has 7 nitrogen and oxygen atoms in total. The second-order valence-electron chi connectivity index (χ2n) is 7.55. The monoisotopic (exact) mass is 461 g/mol. The van der Waals surface area contributed by atoms with Gasteiger partial charge < -0.3 is 4.74 Å². The highest BCUT2D eigenvalue weighted by atomic mass is 32.2. The molecule has 1 amide bonds. The summed E-state index contributed by atoms with van der Waals surface area (Å²) >= 11 is 1.23. The maximum absolute atomic E-state index is 13.2. The number of anilines is 1. The maximum Gasteiger partial charge on any atom is 0.261 e. The highest BCUT2D eigenvalue weighted by Crippen LogP contribution is 2.31. The van der Waals surface area contributed by atoms with Crippen LogP contribution in [0.5, 0.6) is 5.75 Å². The van der Waals surface area contributed by atoms with Crippen molar-refractivity contribution in [3.8, 4) is 5.75 Å². The quantitative estimate of drug-likeness (QED) is 0.523. The van der Waals surface area contributed by atoms with Crippen molar-refractivity contribution in [1.29, 1.82) is 0 Å². The minimum Gasteiger partial charge on any atom is -0.493 e. The Labute approximate surface area is 187 Å². The molecule has 1 heterocycles. The molecule has 0 aliphatic carbocycles. The molecule has 3 aromatic rings. The molecule has 0 atom stereocenters. The molecule has 0 fully saturated rings. The number of rotatable bonds is 8. The van der Waals surface area contributed by atoms with Gasteiger partial charge in [-0.2, -0.15) is 4.31 Å². The largest absolute Gasteiger partial charge is 0.493 e. The van der Waals surface area contributed by atoms with E-state index in [0.717, 1.165) is 0 Å². The van der Waals surface area contributed by atoms with E-state index >= 15 is 0 Å². The zero-order valence-electron chi connectivity index (χ0n) is 18.2. The van der Waals surface area contributed by atoms with Gasteiger partial charge in [0.1, 0.15) is 5.75 Å². The van der Waals surface area contributed by atoms with Gasteiger partial charge in [-0.05, 0) is 65.0 Å². The summed E-state index contributed by atoms with van der Waals surface area (Å²) in [6, 6.07) is 11.5. The Morgan fingerprint density at radius 1 is 1.13 bits per heavy atom. The van der Waals surface area contributed by atoms with Crippen LogP contribution in [0.4, 0.5) is 5.13 Å². The van der Waals surface area contributed by atoms with Crippen LogP contribution in [-0.2, 0) is 10.0 Å². The van der Waals surface area contributed by atoms with E-state index in [9.17, 15) is 13.2 Å². The number of carbonyl (C=O) groups is 1. The summed E-state index contributed by atoms with van der Waals surface area (Å²) in [7, 11) is -3.65. The Morgan fingerprint density at radius 2 is 1.81 bits per heavy atom. The lowest BCUT2D eigenvalue weighted by Crippen LogP contribution is -2.41. The normalized spacial score (nSPS) is 12.1. The van der Waals surface area contributed by atoms with Crippen molar-refractivity contribution in [2.45, 2.75) is 51.6 Å². The lowest BCUT2D eigenvalue weighted by atomic mass is 10.2. The first kappa shape index (κ1) is 23.2. The molecule has 0 spiro atoms. The van der Waals surface area contributed by atoms with Crippen LogP contribution in [0.2, 0.25) is 0 Å². The molecule has 0 bridgehead atoms. The van der Waals surface area contributed by atoms with E-state index in [4.69, 9.17) is 4.74 Å². The van der Waals surface area contributed by atoms with Crippen molar-refractivity contribution >= 4 is 42.6 Å². The first-order valence-corrected chi connectivity index (χ1v) is 12.4. The molecule has 0 saturated carbocycles. The average molecular weight is 462 g/mol. The van der Waals surface area contributed by atoms with Crippen LogP contribution in [0.15, 0.2) is 47.4 Å². The molecule has 1 N–H and O–H groups in total. The van der Waals surface area contributed by atoms with Gasteiger partial charge in [0.05, 0.1) is 27.3 Å². The number of amides is 1. The van der Waals surface area contributed by atoms with Gasteiger partial charge in [0, 0.05) is 12.1 Å². The van der Waals surface area contributed by atoms with Crippen molar-refractivity contribution in [2.75, 3.05) is 11.9 Å². The highest BCUT2D eigenvalue weighted by Gasteiger charge is 2.29. The summed E-state index contributed by atoms with van der Waals surface area (Å²) in [6.07, 6.45) is 0. The van der Waals surface area contributed by atoms with E-state index in [1.54, 1.807) is 42.5 Å². The number of sulfonamides is 1. The molecule has 31 heavy (non-hydrogen) atoms. The third-order valence-electron chi connectivity index (χ3n) is 4.61. The summed E-state index contributed by atoms with van der Waals surface area (Å²) in [5.41, 5.74) is 1.04. The smallest absolute Gasteiger partial charge is 0.261 e. The number of nitrogens with zero attached hydrogens (tertiary/aromatic N) is 2. The summed E-state index contributed by atoms with van der Waals surface area (Å²) in [5.74, 6) is 0.168. The number of carbonyl (C=O) groups excluding carboxylic acids is 1. The Kier molecular flexibility index (Phi) is 6.98. The Morgan fingerprint density at radius 3 is 2.45 bits per heavy atom. The lowest BCUT2D eigenvalue weighted by Gasteiger charge is -2.29. The van der Waals surface area contributed by atoms with Crippen molar-refractivity contribution < 1.29 is 17.9 Å². The second kappa shape index (κ2) is 9.33. The third-order valence-corrected chi connectivity index (χ3v) is 7.79.